The standard InChI is InChI=1S/C15H14N2OS/c1-8-5-4-6-11(7-8)12-9(2)19-14-13(12)16-10(3)17-15(14)18/h4-7H,1-3H3,(H,16,17,18). The zero-order valence-electron chi connectivity index (χ0n) is 11.1. The molecule has 19 heavy (non-hydrogen) atoms. The van der Waals surface area contributed by atoms with Gasteiger partial charge in [0.25, 0.3) is 5.56 Å². The summed E-state index contributed by atoms with van der Waals surface area (Å²) in [6.07, 6.45) is 0. The molecule has 0 aliphatic heterocycles. The molecule has 3 nitrogen and oxygen atoms in total. The summed E-state index contributed by atoms with van der Waals surface area (Å²) in [6.45, 7) is 5.92. The maximum Gasteiger partial charge on any atom is 0.268 e. The van der Waals surface area contributed by atoms with E-state index in [-0.39, 0.29) is 5.56 Å². The van der Waals surface area contributed by atoms with Crippen molar-refractivity contribution in [2.24, 2.45) is 0 Å². The average Bonchev–Trinajstić information content (AvgIpc) is 2.66. The van der Waals surface area contributed by atoms with Crippen LogP contribution in [0.2, 0.25) is 0 Å². The van der Waals surface area contributed by atoms with Crippen molar-refractivity contribution in [2.75, 3.05) is 0 Å². The van der Waals surface area contributed by atoms with Gasteiger partial charge in [0.05, 0.1) is 5.52 Å². The molecule has 2 heterocycles. The van der Waals surface area contributed by atoms with Crippen molar-refractivity contribution >= 4 is 21.6 Å². The van der Waals surface area contributed by atoms with Crippen LogP contribution in [-0.4, -0.2) is 9.97 Å². The zero-order valence-corrected chi connectivity index (χ0v) is 11.9. The Bertz CT molecular complexity index is 830. The quantitative estimate of drug-likeness (QED) is 0.734. The van der Waals surface area contributed by atoms with Crippen molar-refractivity contribution in [1.82, 2.24) is 9.97 Å². The molecule has 0 bridgehead atoms. The summed E-state index contributed by atoms with van der Waals surface area (Å²) in [5, 5.41) is 0. The van der Waals surface area contributed by atoms with Crippen molar-refractivity contribution in [1.29, 1.82) is 0 Å². The van der Waals surface area contributed by atoms with E-state index in [1.807, 2.05) is 19.9 Å². The lowest BCUT2D eigenvalue weighted by Gasteiger charge is -2.03. The predicted octanol–water partition coefficient (Wildman–Crippen LogP) is 3.58. The van der Waals surface area contributed by atoms with Gasteiger partial charge in [-0.15, -0.1) is 11.3 Å². The van der Waals surface area contributed by atoms with Crippen LogP contribution in [0.4, 0.5) is 0 Å². The Kier molecular flexibility index (Phi) is 2.75. The third-order valence-electron chi connectivity index (χ3n) is 3.15. The molecule has 2 aromatic heterocycles. The van der Waals surface area contributed by atoms with E-state index in [2.05, 4.69) is 35.1 Å². The minimum absolute atomic E-state index is 0.0468. The van der Waals surface area contributed by atoms with Crippen molar-refractivity contribution in [2.45, 2.75) is 20.8 Å². The summed E-state index contributed by atoms with van der Waals surface area (Å²) in [5.41, 5.74) is 4.18. The normalized spacial score (nSPS) is 11.1. The molecule has 96 valence electrons. The fourth-order valence-corrected chi connectivity index (χ4v) is 3.36. The van der Waals surface area contributed by atoms with Crippen LogP contribution < -0.4 is 5.56 Å². The fraction of sp³-hybridized carbons (Fsp3) is 0.200. The highest BCUT2D eigenvalue weighted by molar-refractivity contribution is 7.19. The largest absolute Gasteiger partial charge is 0.310 e. The third-order valence-corrected chi connectivity index (χ3v) is 4.24. The Hall–Kier alpha value is -1.94. The van der Waals surface area contributed by atoms with Crippen molar-refractivity contribution < 1.29 is 0 Å². The molecule has 0 aliphatic rings. The van der Waals surface area contributed by atoms with Crippen molar-refractivity contribution in [3.05, 3.63) is 50.9 Å². The molecule has 0 spiro atoms. The number of H-pyrrole nitrogens is 1. The fourth-order valence-electron chi connectivity index (χ4n) is 2.35. The molecule has 1 aromatic carbocycles. The van der Waals surface area contributed by atoms with Gasteiger partial charge in [0.2, 0.25) is 0 Å². The van der Waals surface area contributed by atoms with Crippen LogP contribution in [0.1, 0.15) is 16.3 Å². The van der Waals surface area contributed by atoms with Gasteiger partial charge in [0.15, 0.2) is 0 Å². The Balaban J connectivity index is 2.41. The molecule has 4 heteroatoms. The van der Waals surface area contributed by atoms with Gasteiger partial charge >= 0.3 is 0 Å². The summed E-state index contributed by atoms with van der Waals surface area (Å²) in [4.78, 5) is 20.4. The van der Waals surface area contributed by atoms with Gasteiger partial charge in [-0.25, -0.2) is 4.98 Å². The SMILES string of the molecule is Cc1cccc(-c2c(C)sc3c(=O)[nH]c(C)nc23)c1. The molecular weight excluding hydrogens is 256 g/mol. The van der Waals surface area contributed by atoms with Gasteiger partial charge in [-0.2, -0.15) is 0 Å². The van der Waals surface area contributed by atoms with E-state index >= 15 is 0 Å². The summed E-state index contributed by atoms with van der Waals surface area (Å²) < 4.78 is 0.708. The van der Waals surface area contributed by atoms with Crippen LogP contribution in [0.15, 0.2) is 29.1 Å². The highest BCUT2D eigenvalue weighted by atomic mass is 32.1. The van der Waals surface area contributed by atoms with Crippen LogP contribution in [0, 0.1) is 20.8 Å². The first-order valence-corrected chi connectivity index (χ1v) is 6.95. The number of aryl methyl sites for hydroxylation is 3. The van der Waals surface area contributed by atoms with E-state index < -0.39 is 0 Å². The highest BCUT2D eigenvalue weighted by Crippen LogP contribution is 2.35. The number of thiophene rings is 1. The van der Waals surface area contributed by atoms with Crippen LogP contribution in [0.25, 0.3) is 21.3 Å². The Labute approximate surface area is 115 Å². The Morgan fingerprint density at radius 2 is 2.00 bits per heavy atom. The highest BCUT2D eigenvalue weighted by Gasteiger charge is 2.15. The first-order valence-electron chi connectivity index (χ1n) is 6.13. The molecule has 0 saturated heterocycles. The average molecular weight is 270 g/mol. The maximum absolute atomic E-state index is 12.0. The van der Waals surface area contributed by atoms with Crippen LogP contribution in [-0.2, 0) is 0 Å². The van der Waals surface area contributed by atoms with Gasteiger partial charge in [-0.1, -0.05) is 29.8 Å². The lowest BCUT2D eigenvalue weighted by Crippen LogP contribution is -2.07. The van der Waals surface area contributed by atoms with Crippen LogP contribution in [0.5, 0.6) is 0 Å². The van der Waals surface area contributed by atoms with E-state index in [0.717, 1.165) is 21.5 Å². The number of hydrogen-bond acceptors (Lipinski definition) is 3. The van der Waals surface area contributed by atoms with Gasteiger partial charge < -0.3 is 4.98 Å². The number of nitrogens with zero attached hydrogens (tertiary/aromatic N) is 1. The van der Waals surface area contributed by atoms with Gasteiger partial charge in [-0.05, 0) is 26.3 Å². The number of benzene rings is 1. The molecule has 0 aliphatic carbocycles. The molecule has 0 saturated carbocycles. The number of nitrogens with one attached hydrogen (secondary N) is 1. The van der Waals surface area contributed by atoms with Crippen molar-refractivity contribution in [3.8, 4) is 11.1 Å². The lowest BCUT2D eigenvalue weighted by molar-refractivity contribution is 1.06. The molecule has 0 fully saturated rings. The molecular formula is C15H14N2OS. The zero-order chi connectivity index (χ0) is 13.6. The smallest absolute Gasteiger partial charge is 0.268 e. The van der Waals surface area contributed by atoms with E-state index in [9.17, 15) is 4.79 Å². The monoisotopic (exact) mass is 270 g/mol. The maximum atomic E-state index is 12.0. The Morgan fingerprint density at radius 3 is 2.74 bits per heavy atom. The molecule has 0 unspecified atom stereocenters. The summed E-state index contributed by atoms with van der Waals surface area (Å²) in [6, 6.07) is 8.30. The number of rotatable bonds is 1. The molecule has 0 amide bonds. The topological polar surface area (TPSA) is 45.8 Å². The minimum atomic E-state index is -0.0468. The first kappa shape index (κ1) is 12.1. The Morgan fingerprint density at radius 1 is 1.21 bits per heavy atom. The van der Waals surface area contributed by atoms with E-state index in [1.165, 1.54) is 16.9 Å². The third kappa shape index (κ3) is 1.98. The second-order valence-corrected chi connectivity index (χ2v) is 5.96. The number of aromatic nitrogens is 2. The number of aromatic amines is 1. The lowest BCUT2D eigenvalue weighted by atomic mass is 10.0. The second kappa shape index (κ2) is 4.31. The number of fused-ring (bicyclic) bond motifs is 1. The molecule has 0 radical (unpaired) electrons. The summed E-state index contributed by atoms with van der Waals surface area (Å²) >= 11 is 1.51. The van der Waals surface area contributed by atoms with Gasteiger partial charge in [-0.3, -0.25) is 4.79 Å². The predicted molar refractivity (Wildman–Crippen MR) is 79.9 cm³/mol. The summed E-state index contributed by atoms with van der Waals surface area (Å²) in [7, 11) is 0. The minimum Gasteiger partial charge on any atom is -0.310 e. The molecule has 3 aromatic rings. The number of hydrogen-bond donors (Lipinski definition) is 1. The molecule has 3 rings (SSSR count). The molecule has 1 N–H and O–H groups in total. The summed E-state index contributed by atoms with van der Waals surface area (Å²) in [5.74, 6) is 0.657. The van der Waals surface area contributed by atoms with Crippen LogP contribution in [0.3, 0.4) is 0 Å². The second-order valence-electron chi connectivity index (χ2n) is 4.73. The molecule has 0 atom stereocenters. The van der Waals surface area contributed by atoms with E-state index in [1.54, 1.807) is 0 Å². The van der Waals surface area contributed by atoms with Crippen molar-refractivity contribution in [3.63, 3.8) is 0 Å². The van der Waals surface area contributed by atoms with E-state index in [4.69, 9.17) is 0 Å². The first-order chi connectivity index (χ1) is 9.06. The van der Waals surface area contributed by atoms with Crippen LogP contribution >= 0.6 is 11.3 Å². The van der Waals surface area contributed by atoms with E-state index in [0.29, 0.717) is 10.5 Å². The van der Waals surface area contributed by atoms with Gasteiger partial charge in [0, 0.05) is 10.4 Å². The van der Waals surface area contributed by atoms with Gasteiger partial charge in [0.1, 0.15) is 10.5 Å².